The highest BCUT2D eigenvalue weighted by atomic mass is 32.1. The van der Waals surface area contributed by atoms with E-state index in [0.717, 1.165) is 5.69 Å². The summed E-state index contributed by atoms with van der Waals surface area (Å²) in [6.07, 6.45) is 17.5. The zero-order valence-electron chi connectivity index (χ0n) is 15.2. The van der Waals surface area contributed by atoms with Gasteiger partial charge in [0.1, 0.15) is 0 Å². The second-order valence-corrected chi connectivity index (χ2v) is 7.82. The molecule has 4 heteroatoms. The molecular weight excluding hydrogens is 318 g/mol. The van der Waals surface area contributed by atoms with Gasteiger partial charge >= 0.3 is 5.97 Å². The molecule has 136 valence electrons. The molecule has 0 saturated heterocycles. The lowest BCUT2D eigenvalue weighted by molar-refractivity contribution is 0.0525. The van der Waals surface area contributed by atoms with Gasteiger partial charge in [-0.3, -0.25) is 0 Å². The Kier molecular flexibility index (Phi) is 9.40. The molecule has 0 bridgehead atoms. The zero-order chi connectivity index (χ0) is 17.0. The summed E-state index contributed by atoms with van der Waals surface area (Å²) in [5, 5.41) is 2.60. The van der Waals surface area contributed by atoms with Crippen molar-refractivity contribution in [1.82, 2.24) is 4.98 Å². The molecule has 24 heavy (non-hydrogen) atoms. The van der Waals surface area contributed by atoms with Gasteiger partial charge < -0.3 is 4.74 Å². The van der Waals surface area contributed by atoms with Crippen molar-refractivity contribution in [2.45, 2.75) is 96.3 Å². The minimum absolute atomic E-state index is 0.269. The number of aromatic nitrogens is 1. The maximum Gasteiger partial charge on any atom is 0.367 e. The van der Waals surface area contributed by atoms with Crippen molar-refractivity contribution in [3.05, 3.63) is 16.1 Å². The van der Waals surface area contributed by atoms with Gasteiger partial charge in [-0.1, -0.05) is 70.6 Å². The van der Waals surface area contributed by atoms with E-state index in [0.29, 0.717) is 17.5 Å². The van der Waals surface area contributed by atoms with E-state index >= 15 is 0 Å². The molecular formula is C20H33NO2S. The van der Waals surface area contributed by atoms with Crippen molar-refractivity contribution >= 4 is 17.3 Å². The van der Waals surface area contributed by atoms with Crippen molar-refractivity contribution in [3.63, 3.8) is 0 Å². The van der Waals surface area contributed by atoms with Crippen LogP contribution in [-0.2, 0) is 4.74 Å². The Labute approximate surface area is 151 Å². The van der Waals surface area contributed by atoms with E-state index in [4.69, 9.17) is 4.74 Å². The number of thiazole rings is 1. The molecule has 1 aromatic heterocycles. The Morgan fingerprint density at radius 2 is 1.50 bits per heavy atom. The molecule has 1 aliphatic rings. The highest BCUT2D eigenvalue weighted by Gasteiger charge is 2.18. The number of rotatable bonds is 3. The Morgan fingerprint density at radius 3 is 2.00 bits per heavy atom. The van der Waals surface area contributed by atoms with Crippen LogP contribution in [0, 0.1) is 0 Å². The van der Waals surface area contributed by atoms with E-state index < -0.39 is 0 Å². The molecule has 2 rings (SSSR count). The predicted octanol–water partition coefficient (Wildman–Crippen LogP) is 6.49. The summed E-state index contributed by atoms with van der Waals surface area (Å²) < 4.78 is 5.07. The highest BCUT2D eigenvalue weighted by molar-refractivity contribution is 7.11. The molecule has 0 radical (unpaired) electrons. The molecule has 1 fully saturated rings. The van der Waals surface area contributed by atoms with E-state index in [2.05, 4.69) is 10.4 Å². The lowest BCUT2D eigenvalue weighted by Crippen LogP contribution is -2.06. The Hall–Kier alpha value is -0.900. The second kappa shape index (κ2) is 11.6. The lowest BCUT2D eigenvalue weighted by atomic mass is 9.91. The molecule has 0 aliphatic heterocycles. The highest BCUT2D eigenvalue weighted by Crippen LogP contribution is 2.30. The third-order valence-electron chi connectivity index (χ3n) is 5.00. The number of ether oxygens (including phenoxy) is 1. The summed E-state index contributed by atoms with van der Waals surface area (Å²) in [5.74, 6) is 0.252. The molecule has 0 amide bonds. The van der Waals surface area contributed by atoms with E-state index in [9.17, 15) is 4.79 Å². The van der Waals surface area contributed by atoms with E-state index in [1.807, 2.05) is 6.92 Å². The van der Waals surface area contributed by atoms with Gasteiger partial charge in [0.05, 0.1) is 12.3 Å². The van der Waals surface area contributed by atoms with Gasteiger partial charge in [-0.05, 0) is 19.8 Å². The molecule has 1 heterocycles. The van der Waals surface area contributed by atoms with Crippen LogP contribution in [0.4, 0.5) is 0 Å². The van der Waals surface area contributed by atoms with Gasteiger partial charge in [0.25, 0.3) is 0 Å². The van der Waals surface area contributed by atoms with Crippen molar-refractivity contribution in [3.8, 4) is 0 Å². The van der Waals surface area contributed by atoms with Crippen LogP contribution in [0.2, 0.25) is 0 Å². The number of hydrogen-bond acceptors (Lipinski definition) is 4. The molecule has 0 spiro atoms. The normalized spacial score (nSPS) is 19.5. The first-order valence-electron chi connectivity index (χ1n) is 9.93. The largest absolute Gasteiger partial charge is 0.461 e. The smallest absolute Gasteiger partial charge is 0.367 e. The number of carbonyl (C=O) groups excluding carboxylic acids is 1. The van der Waals surface area contributed by atoms with E-state index in [-0.39, 0.29) is 5.97 Å². The fourth-order valence-corrected chi connectivity index (χ4v) is 4.36. The summed E-state index contributed by atoms with van der Waals surface area (Å²) in [4.78, 5) is 16.4. The van der Waals surface area contributed by atoms with Crippen molar-refractivity contribution in [2.24, 2.45) is 0 Å². The van der Waals surface area contributed by atoms with Gasteiger partial charge in [0.2, 0.25) is 5.01 Å². The molecule has 0 unspecified atom stereocenters. The van der Waals surface area contributed by atoms with Crippen LogP contribution in [0.25, 0.3) is 0 Å². The maximum atomic E-state index is 11.8. The van der Waals surface area contributed by atoms with Crippen molar-refractivity contribution < 1.29 is 9.53 Å². The third-order valence-corrected chi connectivity index (χ3v) is 5.84. The molecule has 1 saturated carbocycles. The molecule has 3 nitrogen and oxygen atoms in total. The van der Waals surface area contributed by atoms with Gasteiger partial charge in [-0.2, -0.15) is 0 Å². The number of esters is 1. The minimum Gasteiger partial charge on any atom is -0.461 e. The quantitative estimate of drug-likeness (QED) is 0.584. The average Bonchev–Trinajstić information content (AvgIpc) is 3.07. The summed E-state index contributed by atoms with van der Waals surface area (Å²) >= 11 is 1.44. The standard InChI is InChI=1S/C20H33NO2S/c1-2-23-20(22)19-21-18(16-24-19)17-14-12-10-8-6-4-3-5-7-9-11-13-15-17/h16-17H,2-15H2,1H3. The molecule has 0 N–H and O–H groups in total. The number of nitrogens with zero attached hydrogens (tertiary/aromatic N) is 1. The zero-order valence-corrected chi connectivity index (χ0v) is 16.0. The Bertz CT molecular complexity index is 458. The fourth-order valence-electron chi connectivity index (χ4n) is 3.57. The van der Waals surface area contributed by atoms with Gasteiger partial charge in [0.15, 0.2) is 0 Å². The van der Waals surface area contributed by atoms with Crippen LogP contribution in [-0.4, -0.2) is 17.6 Å². The third kappa shape index (κ3) is 6.92. The topological polar surface area (TPSA) is 39.2 Å². The van der Waals surface area contributed by atoms with E-state index in [1.165, 1.54) is 94.8 Å². The van der Waals surface area contributed by atoms with Crippen LogP contribution >= 0.6 is 11.3 Å². The predicted molar refractivity (Wildman–Crippen MR) is 101 cm³/mol. The summed E-state index contributed by atoms with van der Waals surface area (Å²) in [7, 11) is 0. The summed E-state index contributed by atoms with van der Waals surface area (Å²) in [6.45, 7) is 2.25. The molecule has 1 aromatic rings. The van der Waals surface area contributed by atoms with Gasteiger partial charge in [-0.25, -0.2) is 9.78 Å². The first kappa shape index (κ1) is 19.4. The summed E-state index contributed by atoms with van der Waals surface area (Å²) in [5.41, 5.74) is 1.12. The Morgan fingerprint density at radius 1 is 1.00 bits per heavy atom. The van der Waals surface area contributed by atoms with Gasteiger partial charge in [0, 0.05) is 11.3 Å². The van der Waals surface area contributed by atoms with Crippen molar-refractivity contribution in [1.29, 1.82) is 0 Å². The lowest BCUT2D eigenvalue weighted by Gasteiger charge is -2.15. The maximum absolute atomic E-state index is 11.8. The number of hydrogen-bond donors (Lipinski definition) is 0. The monoisotopic (exact) mass is 351 g/mol. The SMILES string of the molecule is CCOC(=O)c1nc(C2CCCCCCCCCCCCC2)cs1. The van der Waals surface area contributed by atoms with Gasteiger partial charge in [-0.15, -0.1) is 11.3 Å². The molecule has 1 aliphatic carbocycles. The van der Waals surface area contributed by atoms with Crippen molar-refractivity contribution in [2.75, 3.05) is 6.61 Å². The summed E-state index contributed by atoms with van der Waals surface area (Å²) in [6, 6.07) is 0. The van der Waals surface area contributed by atoms with Crippen LogP contribution < -0.4 is 0 Å². The first-order valence-corrected chi connectivity index (χ1v) is 10.8. The van der Waals surface area contributed by atoms with Crippen LogP contribution in [0.5, 0.6) is 0 Å². The average molecular weight is 352 g/mol. The second-order valence-electron chi connectivity index (χ2n) is 6.96. The van der Waals surface area contributed by atoms with Crippen LogP contribution in [0.3, 0.4) is 0 Å². The number of carbonyl (C=O) groups is 1. The first-order chi connectivity index (χ1) is 11.8. The Balaban J connectivity index is 1.92. The minimum atomic E-state index is -0.269. The fraction of sp³-hybridized carbons (Fsp3) is 0.800. The molecule has 0 aromatic carbocycles. The van der Waals surface area contributed by atoms with Crippen LogP contribution in [0.15, 0.2) is 5.38 Å². The molecule has 0 atom stereocenters. The van der Waals surface area contributed by atoms with Crippen LogP contribution in [0.1, 0.15) is 112 Å². The van der Waals surface area contributed by atoms with E-state index in [1.54, 1.807) is 0 Å².